The summed E-state index contributed by atoms with van der Waals surface area (Å²) in [5, 5.41) is 21.4. The van der Waals surface area contributed by atoms with Gasteiger partial charge in [-0.3, -0.25) is 9.59 Å². The van der Waals surface area contributed by atoms with E-state index >= 15 is 0 Å². The maximum absolute atomic E-state index is 13.3. The number of carbonyl (C=O) groups excluding carboxylic acids is 2. The van der Waals surface area contributed by atoms with Crippen LogP contribution in [0.25, 0.3) is 0 Å². The van der Waals surface area contributed by atoms with E-state index in [0.29, 0.717) is 36.8 Å². The zero-order valence-electron chi connectivity index (χ0n) is 34.5. The molecule has 2 N–H and O–H groups in total. The van der Waals surface area contributed by atoms with Gasteiger partial charge >= 0.3 is 11.9 Å². The summed E-state index contributed by atoms with van der Waals surface area (Å²) in [6, 6.07) is 16.3. The van der Waals surface area contributed by atoms with Crippen LogP contribution in [-0.2, 0) is 45.3 Å². The number of hydrogen-bond acceptors (Lipinski definition) is 4. The van der Waals surface area contributed by atoms with Crippen molar-refractivity contribution in [2.45, 2.75) is 140 Å². The van der Waals surface area contributed by atoms with E-state index in [1.165, 1.54) is 5.56 Å². The maximum Gasteiger partial charge on any atom is 0.336 e. The van der Waals surface area contributed by atoms with Gasteiger partial charge in [-0.1, -0.05) is 85.2 Å². The van der Waals surface area contributed by atoms with Gasteiger partial charge in [0.2, 0.25) is 0 Å². The van der Waals surface area contributed by atoms with Crippen molar-refractivity contribution in [3.05, 3.63) is 138 Å². The fourth-order valence-electron chi connectivity index (χ4n) is 12.8. The minimum absolute atomic E-state index is 0.179. The maximum atomic E-state index is 13.3. The molecule has 0 saturated heterocycles. The van der Waals surface area contributed by atoms with E-state index in [4.69, 9.17) is 0 Å². The molecule has 0 saturated carbocycles. The number of aryl methyl sites for hydroxylation is 4. The summed E-state index contributed by atoms with van der Waals surface area (Å²) in [7, 11) is 0. The van der Waals surface area contributed by atoms with E-state index in [2.05, 4.69) is 79.7 Å². The Morgan fingerprint density at radius 2 is 0.839 bits per heavy atom. The van der Waals surface area contributed by atoms with Crippen molar-refractivity contribution in [2.24, 2.45) is 0 Å². The highest BCUT2D eigenvalue weighted by Gasteiger charge is 2.60. The molecule has 4 aliphatic carbocycles. The molecule has 0 amide bonds. The SMILES string of the molecule is Cc1cc(C=O)c2c(c1)C(C)(C)CC21CC(C)(C)c2cc(CCc3cc(C(=O)O)c4c(c3)C(C)(C)CC43CC(C)(C)c4cc(C)cc(C(=O)O)c43)cc(C=O)c21. The van der Waals surface area contributed by atoms with Gasteiger partial charge in [0.05, 0.1) is 11.1 Å². The first-order valence-electron chi connectivity index (χ1n) is 20.1. The monoisotopic (exact) mass is 750 g/mol. The smallest absolute Gasteiger partial charge is 0.336 e. The van der Waals surface area contributed by atoms with Crippen molar-refractivity contribution in [3.8, 4) is 0 Å². The molecule has 0 radical (unpaired) electrons. The van der Waals surface area contributed by atoms with Crippen molar-refractivity contribution in [1.82, 2.24) is 0 Å². The zero-order chi connectivity index (χ0) is 40.7. The third kappa shape index (κ3) is 5.19. The Kier molecular flexibility index (Phi) is 8.05. The molecule has 2 atom stereocenters. The number of carboxylic acids is 2. The van der Waals surface area contributed by atoms with Crippen molar-refractivity contribution < 1.29 is 29.4 Å². The number of rotatable bonds is 7. The lowest BCUT2D eigenvalue weighted by molar-refractivity contribution is 0.0686. The molecule has 0 aliphatic heterocycles. The molecular formula is C50H54O6. The Morgan fingerprint density at radius 1 is 0.500 bits per heavy atom. The number of aldehydes is 2. The number of aromatic carboxylic acids is 2. The van der Waals surface area contributed by atoms with Gasteiger partial charge in [-0.2, -0.15) is 0 Å². The van der Waals surface area contributed by atoms with E-state index in [1.807, 2.05) is 32.0 Å². The van der Waals surface area contributed by atoms with Crippen molar-refractivity contribution >= 4 is 24.5 Å². The predicted octanol–water partition coefficient (Wildman–Crippen LogP) is 10.4. The first kappa shape index (κ1) is 38.1. The van der Waals surface area contributed by atoms with Gasteiger partial charge in [0, 0.05) is 22.0 Å². The molecule has 6 heteroatoms. The molecule has 56 heavy (non-hydrogen) atoms. The first-order chi connectivity index (χ1) is 26.0. The molecule has 4 aromatic rings. The van der Waals surface area contributed by atoms with E-state index in [-0.39, 0.29) is 27.4 Å². The van der Waals surface area contributed by atoms with Crippen LogP contribution in [0.4, 0.5) is 0 Å². The summed E-state index contributed by atoms with van der Waals surface area (Å²) in [4.78, 5) is 51.9. The zero-order valence-corrected chi connectivity index (χ0v) is 34.5. The molecule has 4 aliphatic rings. The quantitative estimate of drug-likeness (QED) is 0.182. The van der Waals surface area contributed by atoms with Crippen LogP contribution in [-0.4, -0.2) is 34.7 Å². The number of carboxylic acid groups (broad SMARTS) is 2. The fourth-order valence-corrected chi connectivity index (χ4v) is 12.8. The van der Waals surface area contributed by atoms with Crippen molar-refractivity contribution in [2.75, 3.05) is 0 Å². The van der Waals surface area contributed by atoms with Gasteiger partial charge in [0.25, 0.3) is 0 Å². The van der Waals surface area contributed by atoms with Crippen LogP contribution in [0.3, 0.4) is 0 Å². The summed E-state index contributed by atoms with van der Waals surface area (Å²) >= 11 is 0. The molecule has 2 unspecified atom stereocenters. The third-order valence-electron chi connectivity index (χ3n) is 14.2. The molecule has 0 fully saturated rings. The highest BCUT2D eigenvalue weighted by atomic mass is 16.4. The average Bonchev–Trinajstić information content (AvgIpc) is 3.65. The largest absolute Gasteiger partial charge is 0.478 e. The Morgan fingerprint density at radius 3 is 1.29 bits per heavy atom. The Hall–Kier alpha value is -4.84. The number of carbonyl (C=O) groups is 4. The number of hydrogen-bond donors (Lipinski definition) is 2. The fraction of sp³-hybridized carbons (Fsp3) is 0.440. The van der Waals surface area contributed by atoms with E-state index < -0.39 is 28.2 Å². The van der Waals surface area contributed by atoms with Gasteiger partial charge < -0.3 is 10.2 Å². The molecule has 0 bridgehead atoms. The summed E-state index contributed by atoms with van der Waals surface area (Å²) in [5.74, 6) is -1.99. The molecular weight excluding hydrogens is 697 g/mol. The first-order valence-corrected chi connectivity index (χ1v) is 20.1. The third-order valence-corrected chi connectivity index (χ3v) is 14.2. The van der Waals surface area contributed by atoms with Gasteiger partial charge in [-0.25, -0.2) is 9.59 Å². The highest BCUT2D eigenvalue weighted by molar-refractivity contribution is 5.95. The lowest BCUT2D eigenvalue weighted by Crippen LogP contribution is -2.29. The topological polar surface area (TPSA) is 109 Å². The minimum Gasteiger partial charge on any atom is -0.478 e. The van der Waals surface area contributed by atoms with Crippen LogP contribution in [0.2, 0.25) is 0 Å². The second kappa shape index (κ2) is 11.8. The normalized spacial score (nSPS) is 23.8. The standard InChI is InChI=1S/C50H54O6/c1-27-13-31(21-51)39-35(15-27)45(3,4)23-49(39)24-47(7,8)37-19-29(17-32(22-52)40(37)49)11-12-30-18-34(44(55)56)42-38(20-30)48(9,10)26-50(42)25-46(5,6)36-16-28(2)14-33(41(36)50)43(53)54/h13-22H,11-12,23-26H2,1-10H3,(H,53,54)(H,55,56). The van der Waals surface area contributed by atoms with Crippen LogP contribution in [0, 0.1) is 13.8 Å². The Balaban J connectivity index is 1.23. The molecule has 6 nitrogen and oxygen atoms in total. The van der Waals surface area contributed by atoms with Gasteiger partial charge in [0.15, 0.2) is 0 Å². The summed E-state index contributed by atoms with van der Waals surface area (Å²) < 4.78 is 0. The molecule has 0 heterocycles. The molecule has 290 valence electrons. The lowest BCUT2D eigenvalue weighted by atomic mass is 9.70. The van der Waals surface area contributed by atoms with Crippen LogP contribution < -0.4 is 0 Å². The second-order valence-corrected chi connectivity index (χ2v) is 20.4. The van der Waals surface area contributed by atoms with Crippen LogP contribution in [0.1, 0.15) is 189 Å². The number of benzene rings is 4. The van der Waals surface area contributed by atoms with Gasteiger partial charge in [-0.05, 0) is 159 Å². The highest BCUT2D eigenvalue weighted by Crippen LogP contribution is 2.66. The van der Waals surface area contributed by atoms with Gasteiger partial charge in [-0.15, -0.1) is 0 Å². The molecule has 4 aromatic carbocycles. The van der Waals surface area contributed by atoms with Crippen molar-refractivity contribution in [3.63, 3.8) is 0 Å². The van der Waals surface area contributed by atoms with Crippen LogP contribution in [0.5, 0.6) is 0 Å². The van der Waals surface area contributed by atoms with Crippen LogP contribution in [0.15, 0.2) is 48.5 Å². The van der Waals surface area contributed by atoms with E-state index in [0.717, 1.165) is 86.6 Å². The minimum atomic E-state index is -1.01. The summed E-state index contributed by atoms with van der Waals surface area (Å²) in [5.41, 5.74) is 11.3. The molecule has 0 aromatic heterocycles. The molecule has 2 spiro atoms. The molecule has 8 rings (SSSR count). The predicted molar refractivity (Wildman–Crippen MR) is 219 cm³/mol. The van der Waals surface area contributed by atoms with Crippen LogP contribution >= 0.6 is 0 Å². The van der Waals surface area contributed by atoms with E-state index in [1.54, 1.807) is 6.07 Å². The summed E-state index contributed by atoms with van der Waals surface area (Å²) in [6.45, 7) is 21.6. The average molecular weight is 751 g/mol. The van der Waals surface area contributed by atoms with Crippen molar-refractivity contribution in [1.29, 1.82) is 0 Å². The number of fused-ring (bicyclic) bond motifs is 8. The van der Waals surface area contributed by atoms with Gasteiger partial charge in [0.1, 0.15) is 12.6 Å². The van der Waals surface area contributed by atoms with E-state index in [9.17, 15) is 29.4 Å². The second-order valence-electron chi connectivity index (χ2n) is 20.4. The Labute approximate surface area is 330 Å². The lowest BCUT2D eigenvalue weighted by Gasteiger charge is -2.32. The summed E-state index contributed by atoms with van der Waals surface area (Å²) in [6.07, 6.45) is 6.02. The Bertz CT molecular complexity index is 2460.